The van der Waals surface area contributed by atoms with Crippen LogP contribution in [-0.4, -0.2) is 40.8 Å². The lowest BCUT2D eigenvalue weighted by molar-refractivity contribution is -0.141. The van der Waals surface area contributed by atoms with Crippen LogP contribution in [0.15, 0.2) is 12.1 Å². The molecule has 0 radical (unpaired) electrons. The Hall–Kier alpha value is -2.12. The van der Waals surface area contributed by atoms with E-state index in [1.165, 1.54) is 11.0 Å². The van der Waals surface area contributed by atoms with E-state index in [2.05, 4.69) is 10.3 Å². The predicted molar refractivity (Wildman–Crippen MR) is 86.3 cm³/mol. The van der Waals surface area contributed by atoms with Gasteiger partial charge in [0.25, 0.3) is 5.91 Å². The highest BCUT2D eigenvalue weighted by Gasteiger charge is 2.47. The van der Waals surface area contributed by atoms with Gasteiger partial charge in [-0.05, 0) is 37.3 Å². The molecule has 0 spiro atoms. The molecule has 140 valence electrons. The number of alkyl halides is 3. The molecule has 1 aliphatic carbocycles. The standard InChI is InChI=1S/C18H20F3N3O2/c1-9-4-5-24(15-12(9)8-22-16(15)25)17(26)11-6-13(10-2-3-10)23-14(7-11)18(19,20)21/h6-7,9-10,12,15H,2-5,8H2,1H3,(H,22,25). The van der Waals surface area contributed by atoms with Crippen molar-refractivity contribution in [3.05, 3.63) is 29.1 Å². The monoisotopic (exact) mass is 367 g/mol. The van der Waals surface area contributed by atoms with Crippen molar-refractivity contribution in [1.29, 1.82) is 0 Å². The summed E-state index contributed by atoms with van der Waals surface area (Å²) >= 11 is 0. The molecule has 3 unspecified atom stereocenters. The van der Waals surface area contributed by atoms with Crippen LogP contribution in [0.3, 0.4) is 0 Å². The van der Waals surface area contributed by atoms with E-state index in [4.69, 9.17) is 0 Å². The van der Waals surface area contributed by atoms with Crippen molar-refractivity contribution in [3.63, 3.8) is 0 Å². The fourth-order valence-corrected chi connectivity index (χ4v) is 4.01. The Morgan fingerprint density at radius 1 is 1.27 bits per heavy atom. The van der Waals surface area contributed by atoms with E-state index >= 15 is 0 Å². The Kier molecular flexibility index (Phi) is 3.96. The Labute approximate surface area is 149 Å². The summed E-state index contributed by atoms with van der Waals surface area (Å²) in [5.74, 6) is -0.450. The second-order valence-electron chi connectivity index (χ2n) is 7.56. The summed E-state index contributed by atoms with van der Waals surface area (Å²) in [5, 5.41) is 2.78. The zero-order chi connectivity index (χ0) is 18.6. The molecule has 8 heteroatoms. The number of piperidine rings is 1. The number of carbonyl (C=O) groups excluding carboxylic acids is 2. The van der Waals surface area contributed by atoms with Crippen LogP contribution in [0, 0.1) is 11.8 Å². The van der Waals surface area contributed by atoms with E-state index in [-0.39, 0.29) is 29.2 Å². The highest BCUT2D eigenvalue weighted by Crippen LogP contribution is 2.41. The maximum atomic E-state index is 13.2. The second kappa shape index (κ2) is 5.96. The first-order valence-electron chi connectivity index (χ1n) is 8.93. The molecule has 3 aliphatic rings. The number of aromatic nitrogens is 1. The molecule has 1 saturated carbocycles. The number of nitrogens with zero attached hydrogens (tertiary/aromatic N) is 2. The normalized spacial score (nSPS) is 28.7. The van der Waals surface area contributed by atoms with Gasteiger partial charge in [0.15, 0.2) is 0 Å². The fraction of sp³-hybridized carbons (Fsp3) is 0.611. The van der Waals surface area contributed by atoms with Gasteiger partial charge in [0.2, 0.25) is 5.91 Å². The number of amides is 2. The molecule has 2 aliphatic heterocycles. The van der Waals surface area contributed by atoms with Crippen LogP contribution in [0.2, 0.25) is 0 Å². The van der Waals surface area contributed by atoms with Crippen LogP contribution in [0.25, 0.3) is 0 Å². The molecule has 4 rings (SSSR count). The lowest BCUT2D eigenvalue weighted by Crippen LogP contribution is -2.52. The zero-order valence-electron chi connectivity index (χ0n) is 14.3. The zero-order valence-corrected chi connectivity index (χ0v) is 14.3. The molecule has 0 bridgehead atoms. The van der Waals surface area contributed by atoms with Crippen LogP contribution in [0.4, 0.5) is 13.2 Å². The minimum Gasteiger partial charge on any atom is -0.354 e. The first kappa shape index (κ1) is 17.3. The van der Waals surface area contributed by atoms with E-state index in [9.17, 15) is 22.8 Å². The van der Waals surface area contributed by atoms with Crippen molar-refractivity contribution in [3.8, 4) is 0 Å². The van der Waals surface area contributed by atoms with E-state index in [1.54, 1.807) is 0 Å². The summed E-state index contributed by atoms with van der Waals surface area (Å²) in [4.78, 5) is 30.4. The third kappa shape index (κ3) is 2.95. The van der Waals surface area contributed by atoms with Crippen LogP contribution >= 0.6 is 0 Å². The summed E-state index contributed by atoms with van der Waals surface area (Å²) < 4.78 is 39.6. The third-order valence-corrected chi connectivity index (χ3v) is 5.72. The van der Waals surface area contributed by atoms with Crippen molar-refractivity contribution >= 4 is 11.8 Å². The molecular weight excluding hydrogens is 347 g/mol. The second-order valence-corrected chi connectivity index (χ2v) is 7.56. The Morgan fingerprint density at radius 3 is 2.65 bits per heavy atom. The summed E-state index contributed by atoms with van der Waals surface area (Å²) in [6.45, 7) is 2.92. The van der Waals surface area contributed by atoms with Crippen molar-refractivity contribution < 1.29 is 22.8 Å². The van der Waals surface area contributed by atoms with Crippen molar-refractivity contribution in [2.75, 3.05) is 13.1 Å². The third-order valence-electron chi connectivity index (χ3n) is 5.72. The van der Waals surface area contributed by atoms with E-state index < -0.39 is 23.8 Å². The highest BCUT2D eigenvalue weighted by atomic mass is 19.4. The predicted octanol–water partition coefficient (Wildman–Crippen LogP) is 2.57. The number of hydrogen-bond acceptors (Lipinski definition) is 3. The van der Waals surface area contributed by atoms with Gasteiger partial charge in [-0.3, -0.25) is 9.59 Å². The number of pyridine rings is 1. The van der Waals surface area contributed by atoms with Crippen LogP contribution < -0.4 is 5.32 Å². The van der Waals surface area contributed by atoms with Gasteiger partial charge >= 0.3 is 6.18 Å². The van der Waals surface area contributed by atoms with Crippen LogP contribution in [0.1, 0.15) is 53.8 Å². The minimum absolute atomic E-state index is 0.00651. The van der Waals surface area contributed by atoms with Crippen LogP contribution in [0.5, 0.6) is 0 Å². The molecule has 26 heavy (non-hydrogen) atoms. The van der Waals surface area contributed by atoms with Crippen molar-refractivity contribution in [2.24, 2.45) is 11.8 Å². The summed E-state index contributed by atoms with van der Waals surface area (Å²) in [7, 11) is 0. The molecule has 3 heterocycles. The number of carbonyl (C=O) groups is 2. The first-order valence-corrected chi connectivity index (χ1v) is 8.93. The number of nitrogens with one attached hydrogen (secondary N) is 1. The molecule has 3 fully saturated rings. The van der Waals surface area contributed by atoms with Gasteiger partial charge < -0.3 is 10.2 Å². The number of hydrogen-bond donors (Lipinski definition) is 1. The van der Waals surface area contributed by atoms with Gasteiger partial charge in [-0.1, -0.05) is 6.92 Å². The number of rotatable bonds is 2. The molecule has 2 amide bonds. The maximum absolute atomic E-state index is 13.2. The van der Waals surface area contributed by atoms with Crippen molar-refractivity contribution in [2.45, 2.75) is 44.3 Å². The summed E-state index contributed by atoms with van der Waals surface area (Å²) in [5.41, 5.74) is -0.744. The largest absolute Gasteiger partial charge is 0.433 e. The van der Waals surface area contributed by atoms with Gasteiger partial charge in [0, 0.05) is 36.2 Å². The molecule has 5 nitrogen and oxygen atoms in total. The van der Waals surface area contributed by atoms with Gasteiger partial charge in [-0.2, -0.15) is 13.2 Å². The molecule has 1 aromatic rings. The number of halogens is 3. The average Bonchev–Trinajstić information content (AvgIpc) is 3.37. The summed E-state index contributed by atoms with van der Waals surface area (Å²) in [6.07, 6.45) is -2.30. The Morgan fingerprint density at radius 2 is 2.00 bits per heavy atom. The van der Waals surface area contributed by atoms with Gasteiger partial charge in [0.05, 0.1) is 0 Å². The lowest BCUT2D eigenvalue weighted by Gasteiger charge is -2.39. The highest BCUT2D eigenvalue weighted by molar-refractivity contribution is 5.98. The fourth-order valence-electron chi connectivity index (χ4n) is 4.01. The molecule has 1 aromatic heterocycles. The smallest absolute Gasteiger partial charge is 0.354 e. The van der Waals surface area contributed by atoms with E-state index in [0.29, 0.717) is 18.8 Å². The Balaban J connectivity index is 1.69. The maximum Gasteiger partial charge on any atom is 0.433 e. The van der Waals surface area contributed by atoms with Gasteiger partial charge in [-0.25, -0.2) is 4.98 Å². The molecule has 2 saturated heterocycles. The van der Waals surface area contributed by atoms with E-state index in [0.717, 1.165) is 25.3 Å². The molecule has 0 aromatic carbocycles. The molecule has 3 atom stereocenters. The van der Waals surface area contributed by atoms with Gasteiger partial charge in [-0.15, -0.1) is 0 Å². The average molecular weight is 367 g/mol. The quantitative estimate of drug-likeness (QED) is 0.874. The number of likely N-dealkylation sites (tertiary alicyclic amines) is 1. The Bertz CT molecular complexity index is 761. The van der Waals surface area contributed by atoms with Gasteiger partial charge in [0.1, 0.15) is 11.7 Å². The van der Waals surface area contributed by atoms with Crippen molar-refractivity contribution in [1.82, 2.24) is 15.2 Å². The molecular formula is C18H20F3N3O2. The first-order chi connectivity index (χ1) is 12.3. The van der Waals surface area contributed by atoms with Crippen LogP contribution in [-0.2, 0) is 11.0 Å². The SMILES string of the molecule is CC1CCN(C(=O)c2cc(C3CC3)nc(C(F)(F)F)c2)C2C(=O)NCC12. The lowest BCUT2D eigenvalue weighted by atomic mass is 9.82. The molecule has 1 N–H and O–H groups in total. The minimum atomic E-state index is -4.61. The number of fused-ring (bicyclic) bond motifs is 1. The van der Waals surface area contributed by atoms with E-state index in [1.807, 2.05) is 6.92 Å². The topological polar surface area (TPSA) is 62.3 Å². The summed E-state index contributed by atoms with van der Waals surface area (Å²) in [6, 6.07) is 1.68.